The van der Waals surface area contributed by atoms with Crippen molar-refractivity contribution in [3.05, 3.63) is 22.8 Å². The van der Waals surface area contributed by atoms with Crippen LogP contribution >= 0.6 is 0 Å². The van der Waals surface area contributed by atoms with Gasteiger partial charge >= 0.3 is 0 Å². The maximum absolute atomic E-state index is 9.26. The first-order valence-electron chi connectivity index (χ1n) is 3.45. The third-order valence-corrected chi connectivity index (χ3v) is 1.62. The molecule has 0 saturated heterocycles. The molecule has 1 aliphatic rings. The molecule has 6 nitrogen and oxygen atoms in total. The van der Waals surface area contributed by atoms with Crippen LogP contribution in [0.4, 0.5) is 0 Å². The van der Waals surface area contributed by atoms with Crippen molar-refractivity contribution in [3.8, 4) is 0 Å². The van der Waals surface area contributed by atoms with Crippen molar-refractivity contribution in [1.29, 1.82) is 0 Å². The van der Waals surface area contributed by atoms with Crippen LogP contribution in [0.25, 0.3) is 10.4 Å². The number of nitrogens with zero attached hydrogens (tertiary/aromatic N) is 3. The average molecular weight is 171 g/mol. The Kier molecular flexibility index (Phi) is 2.93. The third kappa shape index (κ3) is 1.68. The van der Waals surface area contributed by atoms with Crippen molar-refractivity contribution >= 4 is 0 Å². The van der Waals surface area contributed by atoms with E-state index in [1.54, 1.807) is 0 Å². The number of azide groups is 1. The lowest BCUT2D eigenvalue weighted by Crippen LogP contribution is -2.40. The molecule has 0 spiro atoms. The molecule has 0 bridgehead atoms. The molecule has 1 heterocycles. The monoisotopic (exact) mass is 171 g/mol. The van der Waals surface area contributed by atoms with Gasteiger partial charge in [0, 0.05) is 4.91 Å². The van der Waals surface area contributed by atoms with Gasteiger partial charge in [-0.15, -0.1) is 0 Å². The minimum absolute atomic E-state index is 0.287. The minimum Gasteiger partial charge on any atom is -0.495 e. The van der Waals surface area contributed by atoms with E-state index in [9.17, 15) is 5.11 Å². The summed E-state index contributed by atoms with van der Waals surface area (Å²) in [5, 5.41) is 21.3. The zero-order valence-electron chi connectivity index (χ0n) is 6.24. The SMILES string of the molecule is [N-]=[N+]=N[C@H]1[C@H](O)C=CO[C@@H]1CO. The number of ether oxygens (including phenoxy) is 1. The number of aliphatic hydroxyl groups is 2. The van der Waals surface area contributed by atoms with Crippen LogP contribution in [-0.4, -0.2) is 35.1 Å². The van der Waals surface area contributed by atoms with Gasteiger partial charge in [0.2, 0.25) is 0 Å². The summed E-state index contributed by atoms with van der Waals surface area (Å²) in [6, 6.07) is -0.745. The van der Waals surface area contributed by atoms with E-state index in [4.69, 9.17) is 15.4 Å². The first kappa shape index (κ1) is 8.86. The second-order valence-corrected chi connectivity index (χ2v) is 2.37. The van der Waals surface area contributed by atoms with E-state index in [1.807, 2.05) is 0 Å². The van der Waals surface area contributed by atoms with E-state index in [0.717, 1.165) is 0 Å². The number of hydrogen-bond acceptors (Lipinski definition) is 4. The highest BCUT2D eigenvalue weighted by Gasteiger charge is 2.29. The van der Waals surface area contributed by atoms with Crippen LogP contribution in [0.5, 0.6) is 0 Å². The van der Waals surface area contributed by atoms with Crippen molar-refractivity contribution < 1.29 is 14.9 Å². The van der Waals surface area contributed by atoms with Gasteiger partial charge in [-0.3, -0.25) is 0 Å². The van der Waals surface area contributed by atoms with E-state index < -0.39 is 18.2 Å². The molecule has 0 aromatic heterocycles. The molecule has 0 aliphatic carbocycles. The van der Waals surface area contributed by atoms with Crippen molar-refractivity contribution in [1.82, 2.24) is 0 Å². The predicted molar refractivity (Wildman–Crippen MR) is 40.0 cm³/mol. The average Bonchev–Trinajstić information content (AvgIpc) is 2.09. The number of rotatable bonds is 2. The molecule has 6 heteroatoms. The fourth-order valence-corrected chi connectivity index (χ4v) is 0.994. The Hall–Kier alpha value is -1.23. The van der Waals surface area contributed by atoms with E-state index in [0.29, 0.717) is 0 Å². The van der Waals surface area contributed by atoms with Gasteiger partial charge in [-0.25, -0.2) is 0 Å². The molecule has 0 aromatic carbocycles. The molecular formula is C6H9N3O3. The summed E-state index contributed by atoms with van der Waals surface area (Å²) in [6.07, 6.45) is 1.12. The smallest absolute Gasteiger partial charge is 0.132 e. The van der Waals surface area contributed by atoms with Gasteiger partial charge in [0.25, 0.3) is 0 Å². The maximum Gasteiger partial charge on any atom is 0.132 e. The van der Waals surface area contributed by atoms with Gasteiger partial charge in [-0.2, -0.15) is 0 Å². The first-order chi connectivity index (χ1) is 5.79. The zero-order valence-corrected chi connectivity index (χ0v) is 6.24. The Morgan fingerprint density at radius 1 is 1.67 bits per heavy atom. The molecule has 0 fully saturated rings. The molecule has 66 valence electrons. The molecule has 1 rings (SSSR count). The molecule has 12 heavy (non-hydrogen) atoms. The van der Waals surface area contributed by atoms with Gasteiger partial charge < -0.3 is 14.9 Å². The Balaban J connectivity index is 2.75. The Morgan fingerprint density at radius 2 is 2.42 bits per heavy atom. The van der Waals surface area contributed by atoms with E-state index in [1.165, 1.54) is 12.3 Å². The predicted octanol–water partition coefficient (Wildman–Crippen LogP) is -0.0690. The zero-order chi connectivity index (χ0) is 8.97. The van der Waals surface area contributed by atoms with Gasteiger partial charge in [0.15, 0.2) is 0 Å². The van der Waals surface area contributed by atoms with E-state index in [2.05, 4.69) is 10.0 Å². The molecular weight excluding hydrogens is 162 g/mol. The molecule has 1 aliphatic heterocycles. The van der Waals surface area contributed by atoms with Crippen LogP contribution in [0, 0.1) is 0 Å². The van der Waals surface area contributed by atoms with Crippen molar-refractivity contribution in [3.63, 3.8) is 0 Å². The fourth-order valence-electron chi connectivity index (χ4n) is 0.994. The van der Waals surface area contributed by atoms with Crippen LogP contribution in [0.3, 0.4) is 0 Å². The molecule has 0 amide bonds. The molecule has 0 radical (unpaired) electrons. The Morgan fingerprint density at radius 3 is 3.00 bits per heavy atom. The molecule has 2 N–H and O–H groups in total. The van der Waals surface area contributed by atoms with E-state index in [-0.39, 0.29) is 6.61 Å². The van der Waals surface area contributed by atoms with Crippen LogP contribution < -0.4 is 0 Å². The molecule has 0 unspecified atom stereocenters. The van der Waals surface area contributed by atoms with Crippen molar-refractivity contribution in [2.45, 2.75) is 18.2 Å². The minimum atomic E-state index is -0.883. The van der Waals surface area contributed by atoms with Gasteiger partial charge in [-0.1, -0.05) is 5.11 Å². The fraction of sp³-hybridized carbons (Fsp3) is 0.667. The lowest BCUT2D eigenvalue weighted by molar-refractivity contribution is 0.00771. The summed E-state index contributed by atoms with van der Waals surface area (Å²) in [6.45, 7) is -0.287. The van der Waals surface area contributed by atoms with Crippen LogP contribution in [0.15, 0.2) is 17.5 Å². The third-order valence-electron chi connectivity index (χ3n) is 1.62. The normalized spacial score (nSPS) is 33.7. The number of aliphatic hydroxyl groups excluding tert-OH is 2. The maximum atomic E-state index is 9.26. The second-order valence-electron chi connectivity index (χ2n) is 2.37. The Bertz CT molecular complexity index is 224. The van der Waals surface area contributed by atoms with E-state index >= 15 is 0 Å². The van der Waals surface area contributed by atoms with Gasteiger partial charge in [0.1, 0.15) is 12.1 Å². The lowest BCUT2D eigenvalue weighted by Gasteiger charge is -2.27. The van der Waals surface area contributed by atoms with Gasteiger partial charge in [-0.05, 0) is 11.6 Å². The summed E-state index contributed by atoms with van der Waals surface area (Å²) >= 11 is 0. The summed E-state index contributed by atoms with van der Waals surface area (Å²) in [7, 11) is 0. The van der Waals surface area contributed by atoms with Crippen molar-refractivity contribution in [2.75, 3.05) is 6.61 Å². The highest BCUT2D eigenvalue weighted by Crippen LogP contribution is 2.15. The summed E-state index contributed by atoms with van der Waals surface area (Å²) in [5.74, 6) is 0. The highest BCUT2D eigenvalue weighted by atomic mass is 16.5. The first-order valence-corrected chi connectivity index (χ1v) is 3.45. The summed E-state index contributed by atoms with van der Waals surface area (Å²) in [5.41, 5.74) is 8.14. The quantitative estimate of drug-likeness (QED) is 0.345. The highest BCUT2D eigenvalue weighted by molar-refractivity contribution is 5.00. The van der Waals surface area contributed by atoms with Crippen molar-refractivity contribution in [2.24, 2.45) is 5.11 Å². The Labute approximate surface area is 68.7 Å². The molecule has 0 aromatic rings. The largest absolute Gasteiger partial charge is 0.495 e. The van der Waals surface area contributed by atoms with Gasteiger partial charge in [0.05, 0.1) is 19.0 Å². The topological polar surface area (TPSA) is 98.5 Å². The second kappa shape index (κ2) is 3.96. The number of hydrogen-bond donors (Lipinski definition) is 2. The lowest BCUT2D eigenvalue weighted by atomic mass is 10.0. The summed E-state index contributed by atoms with van der Waals surface area (Å²) < 4.78 is 4.91. The van der Waals surface area contributed by atoms with Crippen LogP contribution in [0.2, 0.25) is 0 Å². The molecule has 3 atom stereocenters. The standard InChI is InChI=1S/C6H9N3O3/c7-9-8-6-4(11)1-2-12-5(6)3-10/h1-2,4-6,10-11H,3H2/t4-,5-,6+/m1/s1. The van der Waals surface area contributed by atoms with Crippen LogP contribution in [-0.2, 0) is 4.74 Å². The molecule has 0 saturated carbocycles. The summed E-state index contributed by atoms with van der Waals surface area (Å²) in [4.78, 5) is 2.55. The van der Waals surface area contributed by atoms with Crippen LogP contribution in [0.1, 0.15) is 0 Å².